The second-order valence-corrected chi connectivity index (χ2v) is 8.31. The molecule has 7 nitrogen and oxygen atoms in total. The molecule has 0 bridgehead atoms. The summed E-state index contributed by atoms with van der Waals surface area (Å²) >= 11 is 0. The maximum atomic E-state index is 12.3. The van der Waals surface area contributed by atoms with Crippen molar-refractivity contribution in [2.45, 2.75) is 25.8 Å². The number of rotatable bonds is 4. The molecule has 0 aliphatic carbocycles. The summed E-state index contributed by atoms with van der Waals surface area (Å²) in [5.74, 6) is 0.520. The third kappa shape index (κ3) is 3.17. The van der Waals surface area contributed by atoms with Gasteiger partial charge in [-0.05, 0) is 19.8 Å². The normalized spacial score (nSPS) is 27.1. The summed E-state index contributed by atoms with van der Waals surface area (Å²) in [6, 6.07) is -0.158. The van der Waals surface area contributed by atoms with Gasteiger partial charge >= 0.3 is 0 Å². The van der Waals surface area contributed by atoms with Crippen molar-refractivity contribution in [3.05, 3.63) is 17.5 Å². The van der Waals surface area contributed by atoms with Crippen LogP contribution in [0.1, 0.15) is 34.9 Å². The number of amides is 1. The zero-order valence-electron chi connectivity index (χ0n) is 12.6. The SMILES string of the molecule is Cc1c(C(=O)NCC2CCOC2)cnn1C1CCS(=O)(=O)C1. The van der Waals surface area contributed by atoms with Gasteiger partial charge in [0.1, 0.15) is 0 Å². The molecular formula is C14H21N3O4S. The maximum Gasteiger partial charge on any atom is 0.254 e. The minimum absolute atomic E-state index is 0.107. The number of hydrogen-bond acceptors (Lipinski definition) is 5. The van der Waals surface area contributed by atoms with E-state index in [0.717, 1.165) is 18.7 Å². The lowest BCUT2D eigenvalue weighted by Crippen LogP contribution is -2.29. The number of aromatic nitrogens is 2. The van der Waals surface area contributed by atoms with Crippen molar-refractivity contribution in [2.75, 3.05) is 31.3 Å². The first-order valence-corrected chi connectivity index (χ1v) is 9.39. The molecular weight excluding hydrogens is 306 g/mol. The van der Waals surface area contributed by atoms with E-state index in [9.17, 15) is 13.2 Å². The molecule has 3 rings (SSSR count). The molecule has 0 saturated carbocycles. The summed E-state index contributed by atoms with van der Waals surface area (Å²) in [5.41, 5.74) is 1.24. The zero-order chi connectivity index (χ0) is 15.7. The molecule has 2 aliphatic heterocycles. The Bertz CT molecular complexity index is 662. The number of carbonyl (C=O) groups excluding carboxylic acids is 1. The van der Waals surface area contributed by atoms with Crippen LogP contribution in [0, 0.1) is 12.8 Å². The zero-order valence-corrected chi connectivity index (χ0v) is 13.4. The summed E-state index contributed by atoms with van der Waals surface area (Å²) in [7, 11) is -2.97. The van der Waals surface area contributed by atoms with E-state index in [0.29, 0.717) is 31.1 Å². The number of sulfone groups is 1. The minimum Gasteiger partial charge on any atom is -0.381 e. The van der Waals surface area contributed by atoms with Gasteiger partial charge in [0.2, 0.25) is 0 Å². The highest BCUT2D eigenvalue weighted by Gasteiger charge is 2.31. The number of nitrogens with zero attached hydrogens (tertiary/aromatic N) is 2. The quantitative estimate of drug-likeness (QED) is 0.860. The summed E-state index contributed by atoms with van der Waals surface area (Å²) in [4.78, 5) is 12.3. The van der Waals surface area contributed by atoms with E-state index in [1.807, 2.05) is 6.92 Å². The lowest BCUT2D eigenvalue weighted by molar-refractivity contribution is 0.0944. The van der Waals surface area contributed by atoms with Gasteiger partial charge in [0.15, 0.2) is 9.84 Å². The van der Waals surface area contributed by atoms with E-state index < -0.39 is 9.84 Å². The smallest absolute Gasteiger partial charge is 0.254 e. The molecule has 1 aromatic heterocycles. The molecule has 2 fully saturated rings. The standard InChI is InChI=1S/C14H21N3O4S/c1-10-13(14(18)15-6-11-2-4-21-8-11)7-16-17(10)12-3-5-22(19,20)9-12/h7,11-12H,2-6,8-9H2,1H3,(H,15,18). The van der Waals surface area contributed by atoms with Gasteiger partial charge in [-0.2, -0.15) is 5.10 Å². The van der Waals surface area contributed by atoms with Crippen LogP contribution in [0.4, 0.5) is 0 Å². The van der Waals surface area contributed by atoms with Crippen LogP contribution in [0.3, 0.4) is 0 Å². The van der Waals surface area contributed by atoms with E-state index in [-0.39, 0.29) is 23.5 Å². The Kier molecular flexibility index (Phi) is 4.22. The Labute approximate surface area is 129 Å². The van der Waals surface area contributed by atoms with Crippen LogP contribution in [-0.2, 0) is 14.6 Å². The Morgan fingerprint density at radius 3 is 2.95 bits per heavy atom. The average molecular weight is 327 g/mol. The Balaban J connectivity index is 1.66. The van der Waals surface area contributed by atoms with Crippen molar-refractivity contribution >= 4 is 15.7 Å². The van der Waals surface area contributed by atoms with E-state index in [2.05, 4.69) is 10.4 Å². The molecule has 8 heteroatoms. The number of carbonyl (C=O) groups is 1. The van der Waals surface area contributed by atoms with Gasteiger partial charge in [-0.15, -0.1) is 0 Å². The molecule has 2 atom stereocenters. The summed E-state index contributed by atoms with van der Waals surface area (Å²) < 4.78 is 30.1. The average Bonchev–Trinajstić information content (AvgIpc) is 3.16. The second-order valence-electron chi connectivity index (χ2n) is 6.08. The molecule has 22 heavy (non-hydrogen) atoms. The Hall–Kier alpha value is -1.41. The molecule has 122 valence electrons. The highest BCUT2D eigenvalue weighted by Crippen LogP contribution is 2.25. The van der Waals surface area contributed by atoms with Gasteiger partial charge < -0.3 is 10.1 Å². The number of ether oxygens (including phenoxy) is 1. The van der Waals surface area contributed by atoms with E-state index >= 15 is 0 Å². The molecule has 2 unspecified atom stereocenters. The lowest BCUT2D eigenvalue weighted by atomic mass is 10.1. The maximum absolute atomic E-state index is 12.3. The first-order valence-electron chi connectivity index (χ1n) is 7.57. The monoisotopic (exact) mass is 327 g/mol. The fraction of sp³-hybridized carbons (Fsp3) is 0.714. The number of hydrogen-bond donors (Lipinski definition) is 1. The Morgan fingerprint density at radius 2 is 2.32 bits per heavy atom. The fourth-order valence-corrected chi connectivity index (χ4v) is 4.75. The van der Waals surface area contributed by atoms with Crippen molar-refractivity contribution in [1.29, 1.82) is 0 Å². The van der Waals surface area contributed by atoms with Crippen LogP contribution < -0.4 is 5.32 Å². The molecule has 1 aromatic rings. The highest BCUT2D eigenvalue weighted by molar-refractivity contribution is 7.91. The minimum atomic E-state index is -2.97. The van der Waals surface area contributed by atoms with E-state index in [4.69, 9.17) is 4.74 Å². The lowest BCUT2D eigenvalue weighted by Gasteiger charge is -2.12. The Morgan fingerprint density at radius 1 is 1.50 bits per heavy atom. The molecule has 0 radical (unpaired) electrons. The van der Waals surface area contributed by atoms with Crippen molar-refractivity contribution in [3.8, 4) is 0 Å². The molecule has 3 heterocycles. The molecule has 0 spiro atoms. The van der Waals surface area contributed by atoms with Gasteiger partial charge in [0.05, 0.1) is 35.9 Å². The van der Waals surface area contributed by atoms with E-state index in [1.54, 1.807) is 4.68 Å². The first kappa shape index (κ1) is 15.5. The van der Waals surface area contributed by atoms with Crippen LogP contribution in [-0.4, -0.2) is 55.4 Å². The fourth-order valence-electron chi connectivity index (χ4n) is 3.06. The van der Waals surface area contributed by atoms with Crippen molar-refractivity contribution in [1.82, 2.24) is 15.1 Å². The van der Waals surface area contributed by atoms with Crippen LogP contribution in [0.25, 0.3) is 0 Å². The van der Waals surface area contributed by atoms with Gasteiger partial charge in [-0.25, -0.2) is 8.42 Å². The molecule has 2 aliphatic rings. The van der Waals surface area contributed by atoms with E-state index in [1.165, 1.54) is 6.20 Å². The molecule has 2 saturated heterocycles. The third-order valence-corrected chi connectivity index (χ3v) is 6.17. The highest BCUT2D eigenvalue weighted by atomic mass is 32.2. The molecule has 1 amide bonds. The summed E-state index contributed by atoms with van der Waals surface area (Å²) in [6.45, 7) is 3.86. The van der Waals surface area contributed by atoms with Crippen LogP contribution in [0.15, 0.2) is 6.20 Å². The summed E-state index contributed by atoms with van der Waals surface area (Å²) in [6.07, 6.45) is 3.06. The van der Waals surface area contributed by atoms with Gasteiger partial charge in [-0.1, -0.05) is 0 Å². The predicted octanol–water partition coefficient (Wildman–Crippen LogP) is 0.317. The van der Waals surface area contributed by atoms with Gasteiger partial charge in [-0.3, -0.25) is 9.48 Å². The largest absolute Gasteiger partial charge is 0.381 e. The number of nitrogens with one attached hydrogen (secondary N) is 1. The topological polar surface area (TPSA) is 90.3 Å². The van der Waals surface area contributed by atoms with Crippen molar-refractivity contribution in [3.63, 3.8) is 0 Å². The van der Waals surface area contributed by atoms with Crippen LogP contribution >= 0.6 is 0 Å². The van der Waals surface area contributed by atoms with Crippen molar-refractivity contribution < 1.29 is 17.9 Å². The summed E-state index contributed by atoms with van der Waals surface area (Å²) in [5, 5.41) is 7.14. The van der Waals surface area contributed by atoms with Crippen LogP contribution in [0.5, 0.6) is 0 Å². The predicted molar refractivity (Wildman–Crippen MR) is 80.5 cm³/mol. The first-order chi connectivity index (χ1) is 10.5. The van der Waals surface area contributed by atoms with Gasteiger partial charge in [0, 0.05) is 24.8 Å². The second kappa shape index (κ2) is 6.00. The molecule has 0 aromatic carbocycles. The third-order valence-electron chi connectivity index (χ3n) is 4.42. The van der Waals surface area contributed by atoms with Gasteiger partial charge in [0.25, 0.3) is 5.91 Å². The van der Waals surface area contributed by atoms with Crippen molar-refractivity contribution in [2.24, 2.45) is 5.92 Å². The van der Waals surface area contributed by atoms with Crippen LogP contribution in [0.2, 0.25) is 0 Å². The molecule has 1 N–H and O–H groups in total.